The summed E-state index contributed by atoms with van der Waals surface area (Å²) in [6.07, 6.45) is 67.8. The maximum absolute atomic E-state index is 13.1. The van der Waals surface area contributed by atoms with E-state index < -0.39 is 97.5 Å². The second-order valence-electron chi connectivity index (χ2n) is 30.3. The molecule has 0 rings (SSSR count). The predicted octanol–water partition coefficient (Wildman–Crippen LogP) is 25.2. The molecule has 0 aromatic carbocycles. The van der Waals surface area contributed by atoms with Gasteiger partial charge in [-0.1, -0.05) is 394 Å². The van der Waals surface area contributed by atoms with Crippen LogP contribution in [0.3, 0.4) is 0 Å². The SMILES string of the molecule is CCCCCCCCCCCCCCCCCCCC(=O)OC[C@H](COP(=O)(O)OC[C@@H](O)COP(=O)(O)OC[C@@H](COC(=O)CCCCCCCCCCCCCCC)OC(=O)CCCCCCCCCCCCCCCCC)OC(=O)CCCCCCCCCCCCCCCCC(C)C. The lowest BCUT2D eigenvalue weighted by Crippen LogP contribution is -2.30. The molecule has 17 nitrogen and oxygen atoms in total. The molecule has 19 heteroatoms. The first-order valence-electron chi connectivity index (χ1n) is 43.1. The first-order valence-corrected chi connectivity index (χ1v) is 46.1. The second kappa shape index (κ2) is 75.9. The van der Waals surface area contributed by atoms with E-state index in [1.54, 1.807) is 0 Å². The van der Waals surface area contributed by atoms with Crippen molar-refractivity contribution in [3.05, 3.63) is 0 Å². The molecule has 0 heterocycles. The summed E-state index contributed by atoms with van der Waals surface area (Å²) in [6.45, 7) is 7.38. The van der Waals surface area contributed by atoms with Crippen LogP contribution in [0.25, 0.3) is 0 Å². The Morgan fingerprint density at radius 1 is 0.265 bits per heavy atom. The van der Waals surface area contributed by atoms with Crippen LogP contribution < -0.4 is 0 Å². The summed E-state index contributed by atoms with van der Waals surface area (Å²) in [5, 5.41) is 10.7. The second-order valence-corrected chi connectivity index (χ2v) is 33.3. The van der Waals surface area contributed by atoms with Crippen molar-refractivity contribution in [3.8, 4) is 0 Å². The van der Waals surface area contributed by atoms with E-state index in [2.05, 4.69) is 34.6 Å². The molecule has 5 atom stereocenters. The molecule has 0 aliphatic heterocycles. The molecule has 0 aromatic rings. The molecule has 0 aliphatic carbocycles. The average Bonchev–Trinajstić information content (AvgIpc) is 0.928. The standard InChI is InChI=1S/C83H162O17P2/c1-6-9-12-15-18-21-24-27-29-30-32-37-42-47-52-57-62-67-81(86)94-73-79(100-83(88)69-64-59-54-49-44-39-34-33-36-40-45-50-55-60-65-76(4)5)75-98-102(91,92)96-71-77(84)70-95-101(89,90)97-74-78(72-93-80(85)66-61-56-51-46-41-35-26-23-20-17-14-11-8-3)99-82(87)68-63-58-53-48-43-38-31-28-25-22-19-16-13-10-7-2/h76-79,84H,6-75H2,1-5H3,(H,89,90)(H,91,92)/t77-,78+,79+/m0/s1. The van der Waals surface area contributed by atoms with Crippen molar-refractivity contribution >= 4 is 39.5 Å². The molecule has 0 amide bonds. The van der Waals surface area contributed by atoms with Crippen molar-refractivity contribution in [2.75, 3.05) is 39.6 Å². The van der Waals surface area contributed by atoms with Crippen LogP contribution >= 0.6 is 15.6 Å². The van der Waals surface area contributed by atoms with Crippen LogP contribution in [0.2, 0.25) is 0 Å². The fourth-order valence-corrected chi connectivity index (χ4v) is 14.5. The molecular formula is C83H162O17P2. The molecule has 0 bridgehead atoms. The van der Waals surface area contributed by atoms with Crippen LogP contribution in [-0.2, 0) is 65.4 Å². The maximum atomic E-state index is 13.1. The highest BCUT2D eigenvalue weighted by Crippen LogP contribution is 2.45. The fraction of sp³-hybridized carbons (Fsp3) is 0.952. The zero-order valence-electron chi connectivity index (χ0n) is 66.8. The van der Waals surface area contributed by atoms with Gasteiger partial charge in [-0.15, -0.1) is 0 Å². The monoisotopic (exact) mass is 1490 g/mol. The number of esters is 4. The Morgan fingerprint density at radius 3 is 0.667 bits per heavy atom. The smallest absolute Gasteiger partial charge is 0.462 e. The third kappa shape index (κ3) is 76.3. The van der Waals surface area contributed by atoms with Gasteiger partial charge in [0.2, 0.25) is 0 Å². The summed E-state index contributed by atoms with van der Waals surface area (Å²) in [4.78, 5) is 73.2. The lowest BCUT2D eigenvalue weighted by molar-refractivity contribution is -0.161. The van der Waals surface area contributed by atoms with Gasteiger partial charge in [-0.3, -0.25) is 37.3 Å². The number of hydrogen-bond donors (Lipinski definition) is 3. The Bertz CT molecular complexity index is 1940. The summed E-state index contributed by atoms with van der Waals surface area (Å²) in [5.74, 6) is -1.30. The maximum Gasteiger partial charge on any atom is 0.472 e. The number of carbonyl (C=O) groups excluding carboxylic acids is 4. The molecule has 606 valence electrons. The zero-order chi connectivity index (χ0) is 74.8. The highest BCUT2D eigenvalue weighted by Gasteiger charge is 2.30. The van der Waals surface area contributed by atoms with E-state index in [9.17, 15) is 43.2 Å². The topological polar surface area (TPSA) is 237 Å². The van der Waals surface area contributed by atoms with Gasteiger partial charge in [-0.2, -0.15) is 0 Å². The van der Waals surface area contributed by atoms with Crippen molar-refractivity contribution in [2.24, 2.45) is 5.92 Å². The van der Waals surface area contributed by atoms with Gasteiger partial charge in [-0.05, 0) is 31.6 Å². The number of phosphoric ester groups is 2. The fourth-order valence-electron chi connectivity index (χ4n) is 12.9. The van der Waals surface area contributed by atoms with Gasteiger partial charge in [0, 0.05) is 25.7 Å². The Hall–Kier alpha value is -1.94. The molecule has 102 heavy (non-hydrogen) atoms. The van der Waals surface area contributed by atoms with Crippen LogP contribution in [-0.4, -0.2) is 96.7 Å². The minimum atomic E-state index is -4.96. The molecule has 3 N–H and O–H groups in total. The van der Waals surface area contributed by atoms with Crippen molar-refractivity contribution in [1.82, 2.24) is 0 Å². The largest absolute Gasteiger partial charge is 0.472 e. The van der Waals surface area contributed by atoms with Crippen molar-refractivity contribution in [2.45, 2.75) is 464 Å². The summed E-state index contributed by atoms with van der Waals surface area (Å²) in [6, 6.07) is 0. The lowest BCUT2D eigenvalue weighted by atomic mass is 10.0. The van der Waals surface area contributed by atoms with Crippen molar-refractivity contribution in [1.29, 1.82) is 0 Å². The van der Waals surface area contributed by atoms with Crippen molar-refractivity contribution < 1.29 is 80.2 Å². The van der Waals surface area contributed by atoms with Crippen molar-refractivity contribution in [3.63, 3.8) is 0 Å². The number of aliphatic hydroxyl groups is 1. The minimum absolute atomic E-state index is 0.109. The van der Waals surface area contributed by atoms with Gasteiger partial charge >= 0.3 is 39.5 Å². The van der Waals surface area contributed by atoms with Gasteiger partial charge in [-0.25, -0.2) is 9.13 Å². The molecule has 0 spiro atoms. The summed E-state index contributed by atoms with van der Waals surface area (Å²) >= 11 is 0. The number of aliphatic hydroxyl groups excluding tert-OH is 1. The van der Waals surface area contributed by atoms with E-state index in [0.717, 1.165) is 95.8 Å². The van der Waals surface area contributed by atoms with Crippen LogP contribution in [0.4, 0.5) is 0 Å². The Morgan fingerprint density at radius 2 is 0.451 bits per heavy atom. The van der Waals surface area contributed by atoms with Crippen LogP contribution in [0, 0.1) is 5.92 Å². The average molecular weight is 1490 g/mol. The molecule has 0 saturated heterocycles. The number of carbonyl (C=O) groups is 4. The Labute approximate surface area is 626 Å². The molecule has 0 saturated carbocycles. The normalized spacial score (nSPS) is 13.8. The van der Waals surface area contributed by atoms with Crippen LogP contribution in [0.15, 0.2) is 0 Å². The van der Waals surface area contributed by atoms with Crippen LogP contribution in [0.5, 0.6) is 0 Å². The van der Waals surface area contributed by atoms with Gasteiger partial charge in [0.25, 0.3) is 0 Å². The van der Waals surface area contributed by atoms with Gasteiger partial charge < -0.3 is 33.8 Å². The molecule has 0 radical (unpaired) electrons. The highest BCUT2D eigenvalue weighted by atomic mass is 31.2. The van der Waals surface area contributed by atoms with Gasteiger partial charge in [0.05, 0.1) is 26.4 Å². The predicted molar refractivity (Wildman–Crippen MR) is 418 cm³/mol. The molecule has 2 unspecified atom stereocenters. The molecule has 0 fully saturated rings. The van der Waals surface area contributed by atoms with Gasteiger partial charge in [0.1, 0.15) is 19.3 Å². The molecule has 0 aromatic heterocycles. The number of phosphoric acid groups is 2. The summed E-state index contributed by atoms with van der Waals surface area (Å²) in [7, 11) is -9.92. The lowest BCUT2D eigenvalue weighted by Gasteiger charge is -2.21. The summed E-state index contributed by atoms with van der Waals surface area (Å²) < 4.78 is 68.8. The molecule has 0 aliphatic rings. The Kier molecular flexibility index (Phi) is 74.4. The van der Waals surface area contributed by atoms with Gasteiger partial charge in [0.15, 0.2) is 12.2 Å². The van der Waals surface area contributed by atoms with E-state index >= 15 is 0 Å². The van der Waals surface area contributed by atoms with E-state index in [-0.39, 0.29) is 25.7 Å². The van der Waals surface area contributed by atoms with Crippen LogP contribution in [0.1, 0.15) is 446 Å². The quantitative estimate of drug-likeness (QED) is 0.0222. The van der Waals surface area contributed by atoms with E-state index in [1.807, 2.05) is 0 Å². The highest BCUT2D eigenvalue weighted by molar-refractivity contribution is 7.47. The number of rotatable bonds is 83. The number of unbranched alkanes of at least 4 members (excludes halogenated alkanes) is 55. The number of hydrogen-bond acceptors (Lipinski definition) is 15. The zero-order valence-corrected chi connectivity index (χ0v) is 68.5. The third-order valence-corrected chi connectivity index (χ3v) is 21.4. The first kappa shape index (κ1) is 100. The number of ether oxygens (including phenoxy) is 4. The Balaban J connectivity index is 5.27. The third-order valence-electron chi connectivity index (χ3n) is 19.5. The van der Waals surface area contributed by atoms with E-state index in [4.69, 9.17) is 37.0 Å². The van der Waals surface area contributed by atoms with E-state index in [0.29, 0.717) is 25.7 Å². The van der Waals surface area contributed by atoms with E-state index in [1.165, 1.54) is 270 Å². The summed E-state index contributed by atoms with van der Waals surface area (Å²) in [5.41, 5.74) is 0. The molecular weight excluding hydrogens is 1330 g/mol. The first-order chi connectivity index (χ1) is 49.5. The minimum Gasteiger partial charge on any atom is -0.462 e.